The highest BCUT2D eigenvalue weighted by molar-refractivity contribution is 6.09. The lowest BCUT2D eigenvalue weighted by Gasteiger charge is -2.24. The Kier molecular flexibility index (Phi) is 5.56. The van der Waals surface area contributed by atoms with E-state index in [-0.39, 0.29) is 5.56 Å². The van der Waals surface area contributed by atoms with Crippen molar-refractivity contribution in [2.45, 2.75) is 32.9 Å². The number of carbonyl (C=O) groups excluding carboxylic acids is 2. The second-order valence-corrected chi connectivity index (χ2v) is 7.04. The Morgan fingerprint density at radius 1 is 1.31 bits per heavy atom. The molecule has 8 nitrogen and oxygen atoms in total. The summed E-state index contributed by atoms with van der Waals surface area (Å²) < 4.78 is 11.5. The van der Waals surface area contributed by atoms with Gasteiger partial charge in [-0.25, -0.2) is 0 Å². The number of ether oxygens (including phenoxy) is 1. The average Bonchev–Trinajstić information content (AvgIpc) is 3.02. The van der Waals surface area contributed by atoms with Crippen molar-refractivity contribution >= 4 is 22.8 Å². The fourth-order valence-electron chi connectivity index (χ4n) is 2.89. The van der Waals surface area contributed by atoms with Gasteiger partial charge in [-0.1, -0.05) is 6.07 Å². The number of hydrogen-bond donors (Lipinski definition) is 3. The minimum atomic E-state index is -1.58. The van der Waals surface area contributed by atoms with Crippen molar-refractivity contribution in [2.75, 3.05) is 6.61 Å². The summed E-state index contributed by atoms with van der Waals surface area (Å²) in [4.78, 5) is 28.7. The third-order valence-corrected chi connectivity index (χ3v) is 4.82. The standard InChI is InChI=1S/C21H23N3O5/c1-12-14(5-4-8-23-12)10-28-15-6-7-17-16(9-15)18(13(2)29-17)19(26)24-21(3,11-25)20(22)27/h4-9,25H,10-11H2,1-3H3,(H2,22,27)(H,24,26)/t21-/m0/s1. The summed E-state index contributed by atoms with van der Waals surface area (Å²) in [6.07, 6.45) is 1.72. The molecule has 0 aliphatic carbocycles. The lowest BCUT2D eigenvalue weighted by Crippen LogP contribution is -2.57. The van der Waals surface area contributed by atoms with E-state index in [0.29, 0.717) is 29.1 Å². The van der Waals surface area contributed by atoms with Gasteiger partial charge in [0, 0.05) is 22.8 Å². The van der Waals surface area contributed by atoms with Crippen LogP contribution in [0.4, 0.5) is 0 Å². The highest BCUT2D eigenvalue weighted by atomic mass is 16.5. The Morgan fingerprint density at radius 2 is 2.07 bits per heavy atom. The predicted molar refractivity (Wildman–Crippen MR) is 106 cm³/mol. The quantitative estimate of drug-likeness (QED) is 0.559. The van der Waals surface area contributed by atoms with E-state index in [0.717, 1.165) is 11.3 Å². The molecule has 0 saturated carbocycles. The molecule has 152 valence electrons. The van der Waals surface area contributed by atoms with Gasteiger partial charge in [0.05, 0.1) is 12.2 Å². The molecule has 3 rings (SSSR count). The van der Waals surface area contributed by atoms with Crippen LogP contribution in [0.25, 0.3) is 11.0 Å². The number of nitrogens with two attached hydrogens (primary N) is 1. The molecule has 0 unspecified atom stereocenters. The monoisotopic (exact) mass is 397 g/mol. The minimum absolute atomic E-state index is 0.254. The van der Waals surface area contributed by atoms with E-state index >= 15 is 0 Å². The maximum atomic E-state index is 12.8. The zero-order valence-electron chi connectivity index (χ0n) is 16.5. The fraction of sp³-hybridized carbons (Fsp3) is 0.286. The highest BCUT2D eigenvalue weighted by Gasteiger charge is 2.34. The summed E-state index contributed by atoms with van der Waals surface area (Å²) in [6, 6.07) is 8.94. The van der Waals surface area contributed by atoms with Gasteiger partial charge in [0.1, 0.15) is 29.2 Å². The van der Waals surface area contributed by atoms with Gasteiger partial charge in [-0.3, -0.25) is 14.6 Å². The number of nitrogens with zero attached hydrogens (tertiary/aromatic N) is 1. The first-order valence-corrected chi connectivity index (χ1v) is 9.05. The Labute approximate surface area is 167 Å². The van der Waals surface area contributed by atoms with Crippen molar-refractivity contribution in [3.8, 4) is 5.75 Å². The predicted octanol–water partition coefficient (Wildman–Crippen LogP) is 1.99. The number of primary amides is 1. The van der Waals surface area contributed by atoms with E-state index in [4.69, 9.17) is 14.9 Å². The Hall–Kier alpha value is -3.39. The van der Waals surface area contributed by atoms with Crippen LogP contribution in [-0.4, -0.2) is 34.1 Å². The molecule has 0 aliphatic rings. The fourth-order valence-corrected chi connectivity index (χ4v) is 2.89. The lowest BCUT2D eigenvalue weighted by molar-refractivity contribution is -0.124. The van der Waals surface area contributed by atoms with Crippen LogP contribution in [0.1, 0.15) is 34.3 Å². The van der Waals surface area contributed by atoms with Crippen LogP contribution in [0, 0.1) is 13.8 Å². The van der Waals surface area contributed by atoms with Crippen molar-refractivity contribution < 1.29 is 23.8 Å². The van der Waals surface area contributed by atoms with Gasteiger partial charge in [0.2, 0.25) is 5.91 Å². The van der Waals surface area contributed by atoms with Crippen LogP contribution in [0.5, 0.6) is 5.75 Å². The van der Waals surface area contributed by atoms with Gasteiger partial charge in [-0.2, -0.15) is 0 Å². The SMILES string of the molecule is Cc1ncccc1COc1ccc2oc(C)c(C(=O)N[C@@](C)(CO)C(N)=O)c2c1. The van der Waals surface area contributed by atoms with Crippen LogP contribution < -0.4 is 15.8 Å². The van der Waals surface area contributed by atoms with Crippen molar-refractivity contribution in [1.82, 2.24) is 10.3 Å². The number of aliphatic hydroxyl groups excluding tert-OH is 1. The molecule has 0 aliphatic heterocycles. The maximum absolute atomic E-state index is 12.8. The Bertz CT molecular complexity index is 1080. The molecule has 3 aromatic rings. The van der Waals surface area contributed by atoms with Gasteiger partial charge >= 0.3 is 0 Å². The van der Waals surface area contributed by atoms with Crippen LogP contribution in [0.2, 0.25) is 0 Å². The minimum Gasteiger partial charge on any atom is -0.489 e. The molecule has 2 aromatic heterocycles. The molecule has 2 heterocycles. The first-order valence-electron chi connectivity index (χ1n) is 9.05. The summed E-state index contributed by atoms with van der Waals surface area (Å²) in [6.45, 7) is 4.61. The van der Waals surface area contributed by atoms with Crippen molar-refractivity contribution in [3.05, 3.63) is 59.1 Å². The number of hydrogen-bond acceptors (Lipinski definition) is 6. The number of aromatic nitrogens is 1. The summed E-state index contributed by atoms with van der Waals surface area (Å²) >= 11 is 0. The molecule has 1 atom stereocenters. The van der Waals surface area contributed by atoms with Crippen LogP contribution in [0.15, 0.2) is 40.9 Å². The number of aliphatic hydroxyl groups is 1. The number of pyridine rings is 1. The second-order valence-electron chi connectivity index (χ2n) is 7.04. The summed E-state index contributed by atoms with van der Waals surface area (Å²) in [5.74, 6) is -0.482. The lowest BCUT2D eigenvalue weighted by atomic mass is 10.0. The molecule has 0 saturated heterocycles. The van der Waals surface area contributed by atoms with Crippen molar-refractivity contribution in [1.29, 1.82) is 0 Å². The first kappa shape index (κ1) is 20.3. The van der Waals surface area contributed by atoms with Gasteiger partial charge < -0.3 is 25.3 Å². The Morgan fingerprint density at radius 3 is 2.72 bits per heavy atom. The summed E-state index contributed by atoms with van der Waals surface area (Å²) in [5.41, 5.74) is 6.30. The summed E-state index contributed by atoms with van der Waals surface area (Å²) in [5, 5.41) is 12.5. The topological polar surface area (TPSA) is 128 Å². The number of furan rings is 1. The maximum Gasteiger partial charge on any atom is 0.256 e. The molecule has 0 bridgehead atoms. The smallest absolute Gasteiger partial charge is 0.256 e. The number of nitrogens with one attached hydrogen (secondary N) is 1. The second kappa shape index (κ2) is 7.92. The van der Waals surface area contributed by atoms with Crippen molar-refractivity contribution in [3.63, 3.8) is 0 Å². The van der Waals surface area contributed by atoms with Gasteiger partial charge in [0.25, 0.3) is 5.91 Å². The average molecular weight is 397 g/mol. The molecule has 8 heteroatoms. The van der Waals surface area contributed by atoms with E-state index in [1.807, 2.05) is 19.1 Å². The van der Waals surface area contributed by atoms with Gasteiger partial charge in [-0.05, 0) is 45.0 Å². The van der Waals surface area contributed by atoms with E-state index in [1.165, 1.54) is 6.92 Å². The number of fused-ring (bicyclic) bond motifs is 1. The van der Waals surface area contributed by atoms with Crippen LogP contribution >= 0.6 is 0 Å². The van der Waals surface area contributed by atoms with Crippen molar-refractivity contribution in [2.24, 2.45) is 5.73 Å². The molecule has 2 amide bonds. The number of aryl methyl sites for hydroxylation is 2. The van der Waals surface area contributed by atoms with E-state index in [2.05, 4.69) is 10.3 Å². The molecule has 0 radical (unpaired) electrons. The zero-order valence-corrected chi connectivity index (χ0v) is 16.5. The summed E-state index contributed by atoms with van der Waals surface area (Å²) in [7, 11) is 0. The largest absolute Gasteiger partial charge is 0.489 e. The van der Waals surface area contributed by atoms with Crippen LogP contribution in [0.3, 0.4) is 0 Å². The molecule has 4 N–H and O–H groups in total. The zero-order chi connectivity index (χ0) is 21.2. The van der Waals surface area contributed by atoms with Crippen LogP contribution in [-0.2, 0) is 11.4 Å². The third-order valence-electron chi connectivity index (χ3n) is 4.82. The molecular weight excluding hydrogens is 374 g/mol. The molecule has 29 heavy (non-hydrogen) atoms. The van der Waals surface area contributed by atoms with E-state index < -0.39 is 24.0 Å². The number of amides is 2. The van der Waals surface area contributed by atoms with E-state index in [9.17, 15) is 14.7 Å². The van der Waals surface area contributed by atoms with E-state index in [1.54, 1.807) is 31.3 Å². The molecule has 0 spiro atoms. The number of carbonyl (C=O) groups is 2. The highest BCUT2D eigenvalue weighted by Crippen LogP contribution is 2.30. The first-order chi connectivity index (χ1) is 13.7. The Balaban J connectivity index is 1.89. The van der Waals surface area contributed by atoms with Gasteiger partial charge in [0.15, 0.2) is 0 Å². The molecular formula is C21H23N3O5. The normalized spacial score (nSPS) is 13.1. The third kappa shape index (κ3) is 4.07. The molecule has 0 fully saturated rings. The number of rotatable bonds is 7. The van der Waals surface area contributed by atoms with Gasteiger partial charge in [-0.15, -0.1) is 0 Å². The number of benzene rings is 1. The molecule has 1 aromatic carbocycles.